The van der Waals surface area contributed by atoms with Gasteiger partial charge in [0.1, 0.15) is 18.8 Å². The number of carbonyl (C=O) groups is 2. The van der Waals surface area contributed by atoms with E-state index in [2.05, 4.69) is 29.6 Å². The standard InChI is InChI=1S/C30H33NO4/c1-20-13-14-21(15-16-28(32)35-30(2,3)4)27(17-20)31-18-29(33)34-19-26-24-11-7-5-9-22(24)23-10-6-8-12-25(23)26/h5-14,17,26,31H,15-16,18-19H2,1-4H3. The molecule has 182 valence electrons. The molecule has 5 heteroatoms. The number of nitrogens with one attached hydrogen (secondary N) is 1. The maximum Gasteiger partial charge on any atom is 0.325 e. The molecular weight excluding hydrogens is 438 g/mol. The van der Waals surface area contributed by atoms with Gasteiger partial charge in [0.15, 0.2) is 0 Å². The van der Waals surface area contributed by atoms with Gasteiger partial charge < -0.3 is 14.8 Å². The summed E-state index contributed by atoms with van der Waals surface area (Å²) < 4.78 is 11.1. The Hall–Kier alpha value is -3.60. The van der Waals surface area contributed by atoms with E-state index in [1.165, 1.54) is 22.3 Å². The molecule has 0 heterocycles. The fourth-order valence-electron chi connectivity index (χ4n) is 4.54. The summed E-state index contributed by atoms with van der Waals surface area (Å²) in [5.41, 5.74) is 7.16. The summed E-state index contributed by atoms with van der Waals surface area (Å²) >= 11 is 0. The van der Waals surface area contributed by atoms with Gasteiger partial charge in [-0.05, 0) is 73.6 Å². The van der Waals surface area contributed by atoms with Crippen LogP contribution in [-0.2, 0) is 25.5 Å². The first-order valence-corrected chi connectivity index (χ1v) is 12.1. The molecule has 0 saturated carbocycles. The van der Waals surface area contributed by atoms with Gasteiger partial charge in [0.25, 0.3) is 0 Å². The van der Waals surface area contributed by atoms with Crippen LogP contribution in [-0.4, -0.2) is 30.7 Å². The summed E-state index contributed by atoms with van der Waals surface area (Å²) in [6, 6.07) is 22.6. The summed E-state index contributed by atoms with van der Waals surface area (Å²) in [7, 11) is 0. The molecule has 0 saturated heterocycles. The Balaban J connectivity index is 1.36. The highest BCUT2D eigenvalue weighted by atomic mass is 16.6. The quantitative estimate of drug-likeness (QED) is 0.406. The van der Waals surface area contributed by atoms with Crippen molar-refractivity contribution >= 4 is 17.6 Å². The zero-order valence-corrected chi connectivity index (χ0v) is 20.9. The van der Waals surface area contributed by atoms with Crippen molar-refractivity contribution in [1.29, 1.82) is 0 Å². The first-order chi connectivity index (χ1) is 16.7. The lowest BCUT2D eigenvalue weighted by Crippen LogP contribution is -2.24. The number of fused-ring (bicyclic) bond motifs is 3. The second-order valence-corrected chi connectivity index (χ2v) is 10.0. The maximum absolute atomic E-state index is 12.7. The van der Waals surface area contributed by atoms with Crippen LogP contribution >= 0.6 is 0 Å². The summed E-state index contributed by atoms with van der Waals surface area (Å²) in [6.45, 7) is 7.93. The molecule has 1 N–H and O–H groups in total. The normalized spacial score (nSPS) is 12.6. The zero-order chi connectivity index (χ0) is 25.0. The molecule has 0 unspecified atom stereocenters. The van der Waals surface area contributed by atoms with Crippen LogP contribution in [0.5, 0.6) is 0 Å². The molecule has 0 amide bonds. The van der Waals surface area contributed by atoms with Gasteiger partial charge >= 0.3 is 11.9 Å². The number of hydrogen-bond acceptors (Lipinski definition) is 5. The fraction of sp³-hybridized carbons (Fsp3) is 0.333. The van der Waals surface area contributed by atoms with Crippen molar-refractivity contribution < 1.29 is 19.1 Å². The highest BCUT2D eigenvalue weighted by Gasteiger charge is 2.29. The average Bonchev–Trinajstić information content (AvgIpc) is 3.13. The molecule has 0 aliphatic heterocycles. The molecule has 5 nitrogen and oxygen atoms in total. The van der Waals surface area contributed by atoms with E-state index in [0.717, 1.165) is 16.8 Å². The lowest BCUT2D eigenvalue weighted by molar-refractivity contribution is -0.154. The van der Waals surface area contributed by atoms with Crippen LogP contribution in [0.1, 0.15) is 55.4 Å². The Morgan fingerprint density at radius 1 is 0.886 bits per heavy atom. The van der Waals surface area contributed by atoms with Crippen molar-refractivity contribution in [1.82, 2.24) is 0 Å². The van der Waals surface area contributed by atoms with Crippen molar-refractivity contribution in [3.05, 3.63) is 89.0 Å². The third kappa shape index (κ3) is 6.10. The predicted molar refractivity (Wildman–Crippen MR) is 139 cm³/mol. The lowest BCUT2D eigenvalue weighted by Gasteiger charge is -2.20. The van der Waals surface area contributed by atoms with E-state index in [-0.39, 0.29) is 30.8 Å². The molecule has 0 atom stereocenters. The molecular formula is C30H33NO4. The molecule has 3 aromatic rings. The third-order valence-corrected chi connectivity index (χ3v) is 6.08. The molecule has 0 spiro atoms. The van der Waals surface area contributed by atoms with Crippen molar-refractivity contribution in [2.24, 2.45) is 0 Å². The Morgan fingerprint density at radius 2 is 1.51 bits per heavy atom. The second-order valence-electron chi connectivity index (χ2n) is 10.0. The van der Waals surface area contributed by atoms with E-state index >= 15 is 0 Å². The van der Waals surface area contributed by atoms with Gasteiger partial charge in [0, 0.05) is 18.0 Å². The summed E-state index contributed by atoms with van der Waals surface area (Å²) in [5.74, 6) is -0.512. The van der Waals surface area contributed by atoms with Crippen LogP contribution in [0.2, 0.25) is 0 Å². The minimum absolute atomic E-state index is 0.0368. The molecule has 1 aliphatic carbocycles. The van der Waals surface area contributed by atoms with E-state index in [0.29, 0.717) is 13.0 Å². The number of benzene rings is 3. The monoisotopic (exact) mass is 471 g/mol. The maximum atomic E-state index is 12.7. The van der Waals surface area contributed by atoms with Crippen LogP contribution in [0.3, 0.4) is 0 Å². The number of rotatable bonds is 8. The molecule has 35 heavy (non-hydrogen) atoms. The van der Waals surface area contributed by atoms with Gasteiger partial charge in [0.05, 0.1) is 0 Å². The van der Waals surface area contributed by atoms with Crippen molar-refractivity contribution in [3.8, 4) is 11.1 Å². The number of carbonyl (C=O) groups excluding carboxylic acids is 2. The van der Waals surface area contributed by atoms with E-state index in [1.54, 1.807) is 0 Å². The summed E-state index contributed by atoms with van der Waals surface area (Å²) in [4.78, 5) is 24.8. The van der Waals surface area contributed by atoms with Crippen LogP contribution in [0, 0.1) is 6.92 Å². The smallest absolute Gasteiger partial charge is 0.325 e. The topological polar surface area (TPSA) is 64.6 Å². The summed E-state index contributed by atoms with van der Waals surface area (Å²) in [5, 5.41) is 3.21. The molecule has 4 rings (SSSR count). The molecule has 0 radical (unpaired) electrons. The summed E-state index contributed by atoms with van der Waals surface area (Å²) in [6.07, 6.45) is 0.808. The molecule has 1 aliphatic rings. The number of ether oxygens (including phenoxy) is 2. The molecule has 0 fully saturated rings. The molecule has 0 aromatic heterocycles. The average molecular weight is 472 g/mol. The van der Waals surface area contributed by atoms with Gasteiger partial charge in [-0.15, -0.1) is 0 Å². The van der Waals surface area contributed by atoms with Crippen molar-refractivity contribution in [2.75, 3.05) is 18.5 Å². The Bertz CT molecular complexity index is 1180. The van der Waals surface area contributed by atoms with Crippen molar-refractivity contribution in [3.63, 3.8) is 0 Å². The number of esters is 2. The second kappa shape index (κ2) is 10.3. The number of anilines is 1. The molecule has 0 bridgehead atoms. The Labute approximate surface area is 207 Å². The lowest BCUT2D eigenvalue weighted by atomic mass is 9.98. The van der Waals surface area contributed by atoms with Gasteiger partial charge in [-0.2, -0.15) is 0 Å². The first-order valence-electron chi connectivity index (χ1n) is 12.1. The van der Waals surface area contributed by atoms with Gasteiger partial charge in [-0.1, -0.05) is 60.7 Å². The van der Waals surface area contributed by atoms with Gasteiger partial charge in [-0.3, -0.25) is 9.59 Å². The van der Waals surface area contributed by atoms with Crippen LogP contribution in [0.4, 0.5) is 5.69 Å². The minimum Gasteiger partial charge on any atom is -0.463 e. The predicted octanol–water partition coefficient (Wildman–Crippen LogP) is 6.04. The van der Waals surface area contributed by atoms with Crippen LogP contribution < -0.4 is 5.32 Å². The van der Waals surface area contributed by atoms with E-state index in [4.69, 9.17) is 9.47 Å². The highest BCUT2D eigenvalue weighted by Crippen LogP contribution is 2.44. The van der Waals surface area contributed by atoms with E-state index in [1.807, 2.05) is 70.2 Å². The van der Waals surface area contributed by atoms with Crippen LogP contribution in [0.25, 0.3) is 11.1 Å². The molecule has 3 aromatic carbocycles. The largest absolute Gasteiger partial charge is 0.463 e. The Morgan fingerprint density at radius 3 is 2.14 bits per heavy atom. The van der Waals surface area contributed by atoms with Crippen LogP contribution in [0.15, 0.2) is 66.7 Å². The fourth-order valence-corrected chi connectivity index (χ4v) is 4.54. The minimum atomic E-state index is -0.504. The third-order valence-electron chi connectivity index (χ3n) is 6.08. The first kappa shape index (κ1) is 24.5. The van der Waals surface area contributed by atoms with Gasteiger partial charge in [-0.25, -0.2) is 0 Å². The van der Waals surface area contributed by atoms with E-state index in [9.17, 15) is 9.59 Å². The Kier molecular flexibility index (Phi) is 7.25. The van der Waals surface area contributed by atoms with Gasteiger partial charge in [0.2, 0.25) is 0 Å². The van der Waals surface area contributed by atoms with E-state index < -0.39 is 5.60 Å². The zero-order valence-electron chi connectivity index (χ0n) is 20.9. The van der Waals surface area contributed by atoms with Crippen molar-refractivity contribution in [2.45, 2.75) is 52.1 Å². The number of aryl methyl sites for hydroxylation is 2. The SMILES string of the molecule is Cc1ccc(CCC(=O)OC(C)(C)C)c(NCC(=O)OCC2c3ccccc3-c3ccccc32)c1. The highest BCUT2D eigenvalue weighted by molar-refractivity contribution is 5.80. The number of hydrogen-bond donors (Lipinski definition) is 1.